The third kappa shape index (κ3) is 4.30. The van der Waals surface area contributed by atoms with Gasteiger partial charge in [-0.15, -0.1) is 11.8 Å². The van der Waals surface area contributed by atoms with E-state index in [2.05, 4.69) is 5.32 Å². The van der Waals surface area contributed by atoms with Crippen LogP contribution in [0, 0.1) is 6.92 Å². The van der Waals surface area contributed by atoms with E-state index in [4.69, 9.17) is 28.9 Å². The number of halogens is 2. The molecule has 0 spiro atoms. The molecule has 0 heterocycles. The van der Waals surface area contributed by atoms with E-state index in [1.54, 1.807) is 24.3 Å². The molecule has 0 saturated carbocycles. The second kappa shape index (κ2) is 7.07. The number of benzene rings is 2. The number of nitrogens with one attached hydrogen (secondary N) is 1. The molecule has 0 radical (unpaired) electrons. The molecule has 6 heteroatoms. The van der Waals surface area contributed by atoms with Gasteiger partial charge in [-0.3, -0.25) is 4.79 Å². The average molecular weight is 341 g/mol. The van der Waals surface area contributed by atoms with Gasteiger partial charge >= 0.3 is 0 Å². The zero-order chi connectivity index (χ0) is 15.4. The molecule has 0 aliphatic carbocycles. The third-order valence-corrected chi connectivity index (χ3v) is 4.61. The van der Waals surface area contributed by atoms with Crippen LogP contribution in [0.1, 0.15) is 5.56 Å². The molecule has 0 saturated heterocycles. The largest absolute Gasteiger partial charge is 0.398 e. The van der Waals surface area contributed by atoms with Crippen LogP contribution in [0.3, 0.4) is 0 Å². The summed E-state index contributed by atoms with van der Waals surface area (Å²) >= 11 is 13.4. The van der Waals surface area contributed by atoms with Gasteiger partial charge in [0, 0.05) is 15.6 Å². The smallest absolute Gasteiger partial charge is 0.234 e. The summed E-state index contributed by atoms with van der Waals surface area (Å²) in [7, 11) is 0. The first kappa shape index (κ1) is 16.0. The van der Waals surface area contributed by atoms with Crippen LogP contribution < -0.4 is 11.1 Å². The fourth-order valence-corrected chi connectivity index (χ4v) is 2.83. The summed E-state index contributed by atoms with van der Waals surface area (Å²) < 4.78 is 0. The molecule has 3 N–H and O–H groups in total. The first-order valence-corrected chi connectivity index (χ1v) is 7.94. The summed E-state index contributed by atoms with van der Waals surface area (Å²) in [6.45, 7) is 1.87. The van der Waals surface area contributed by atoms with Crippen LogP contribution in [0.15, 0.2) is 41.3 Å². The van der Waals surface area contributed by atoms with Crippen molar-refractivity contribution in [1.29, 1.82) is 0 Å². The Hall–Kier alpha value is -1.36. The summed E-state index contributed by atoms with van der Waals surface area (Å²) in [4.78, 5) is 12.9. The van der Waals surface area contributed by atoms with Crippen molar-refractivity contribution in [1.82, 2.24) is 0 Å². The predicted octanol–water partition coefficient (Wildman–Crippen LogP) is 4.61. The van der Waals surface area contributed by atoms with Crippen LogP contribution in [0.4, 0.5) is 11.4 Å². The lowest BCUT2D eigenvalue weighted by Crippen LogP contribution is -2.14. The highest BCUT2D eigenvalue weighted by Gasteiger charge is 2.08. The van der Waals surface area contributed by atoms with Crippen LogP contribution in [-0.4, -0.2) is 11.7 Å². The van der Waals surface area contributed by atoms with E-state index in [0.29, 0.717) is 15.7 Å². The summed E-state index contributed by atoms with van der Waals surface area (Å²) in [6, 6.07) is 10.7. The normalized spacial score (nSPS) is 10.4. The lowest BCUT2D eigenvalue weighted by Gasteiger charge is -2.09. The molecule has 0 aromatic heterocycles. The van der Waals surface area contributed by atoms with Gasteiger partial charge in [0.15, 0.2) is 0 Å². The lowest BCUT2D eigenvalue weighted by atomic mass is 10.2. The number of anilines is 2. The number of carbonyl (C=O) groups excluding carboxylic acids is 1. The minimum absolute atomic E-state index is 0.0988. The molecule has 2 aromatic carbocycles. The van der Waals surface area contributed by atoms with E-state index in [0.717, 1.165) is 16.1 Å². The number of thioether (sulfide) groups is 1. The van der Waals surface area contributed by atoms with Crippen LogP contribution >= 0.6 is 35.0 Å². The first-order chi connectivity index (χ1) is 9.97. The Morgan fingerprint density at radius 1 is 1.24 bits per heavy atom. The minimum atomic E-state index is -0.0988. The summed E-state index contributed by atoms with van der Waals surface area (Å²) in [5.41, 5.74) is 7.75. The van der Waals surface area contributed by atoms with E-state index < -0.39 is 0 Å². The number of nitrogens with two attached hydrogens (primary N) is 1. The minimum Gasteiger partial charge on any atom is -0.398 e. The van der Waals surface area contributed by atoms with Crippen LogP contribution in [0.25, 0.3) is 0 Å². The number of rotatable bonds is 4. The van der Waals surface area contributed by atoms with Crippen molar-refractivity contribution in [3.63, 3.8) is 0 Å². The lowest BCUT2D eigenvalue weighted by molar-refractivity contribution is -0.113. The second-order valence-corrected chi connectivity index (χ2v) is 6.30. The molecule has 1 amide bonds. The third-order valence-electron chi connectivity index (χ3n) is 2.88. The maximum atomic E-state index is 12.0. The molecule has 21 heavy (non-hydrogen) atoms. The number of nitrogen functional groups attached to an aromatic ring is 1. The van der Waals surface area contributed by atoms with E-state index in [1.807, 2.05) is 19.1 Å². The number of amides is 1. The zero-order valence-corrected chi connectivity index (χ0v) is 13.6. The van der Waals surface area contributed by atoms with Gasteiger partial charge in [-0.2, -0.15) is 0 Å². The topological polar surface area (TPSA) is 55.1 Å². The van der Waals surface area contributed by atoms with E-state index in [-0.39, 0.29) is 11.7 Å². The maximum Gasteiger partial charge on any atom is 0.234 e. The Kier molecular flexibility index (Phi) is 5.39. The van der Waals surface area contributed by atoms with Gasteiger partial charge in [0.05, 0.1) is 16.5 Å². The molecular weight excluding hydrogens is 327 g/mol. The molecule has 0 aliphatic rings. The van der Waals surface area contributed by atoms with Gasteiger partial charge in [0.25, 0.3) is 0 Å². The molecule has 0 atom stereocenters. The predicted molar refractivity (Wildman–Crippen MR) is 91.4 cm³/mol. The second-order valence-electron chi connectivity index (χ2n) is 4.43. The molecule has 2 aromatic rings. The molecule has 0 fully saturated rings. The van der Waals surface area contributed by atoms with Crippen molar-refractivity contribution in [2.24, 2.45) is 0 Å². The summed E-state index contributed by atoms with van der Waals surface area (Å²) in [5.74, 6) is 0.185. The fourth-order valence-electron chi connectivity index (χ4n) is 1.68. The van der Waals surface area contributed by atoms with Crippen molar-refractivity contribution in [2.45, 2.75) is 11.8 Å². The molecular formula is C15H14Cl2N2OS. The van der Waals surface area contributed by atoms with E-state index in [1.165, 1.54) is 11.8 Å². The Bertz CT molecular complexity index is 677. The fraction of sp³-hybridized carbons (Fsp3) is 0.133. The van der Waals surface area contributed by atoms with Crippen molar-refractivity contribution >= 4 is 52.2 Å². The van der Waals surface area contributed by atoms with Crippen LogP contribution in [0.2, 0.25) is 10.0 Å². The van der Waals surface area contributed by atoms with Crippen molar-refractivity contribution < 1.29 is 4.79 Å². The zero-order valence-electron chi connectivity index (χ0n) is 11.3. The molecule has 0 aliphatic heterocycles. The van der Waals surface area contributed by atoms with Crippen LogP contribution in [0.5, 0.6) is 0 Å². The quantitative estimate of drug-likeness (QED) is 0.630. The van der Waals surface area contributed by atoms with Gasteiger partial charge < -0.3 is 11.1 Å². The number of carbonyl (C=O) groups is 1. The Morgan fingerprint density at radius 3 is 2.71 bits per heavy atom. The number of hydrogen-bond acceptors (Lipinski definition) is 3. The molecule has 3 nitrogen and oxygen atoms in total. The highest BCUT2D eigenvalue weighted by molar-refractivity contribution is 8.00. The van der Waals surface area contributed by atoms with Crippen molar-refractivity contribution in [2.75, 3.05) is 16.8 Å². The molecule has 2 rings (SSSR count). The number of hydrogen-bond donors (Lipinski definition) is 2. The van der Waals surface area contributed by atoms with Crippen molar-refractivity contribution in [3.05, 3.63) is 52.0 Å². The van der Waals surface area contributed by atoms with Gasteiger partial charge in [0.2, 0.25) is 5.91 Å². The average Bonchev–Trinajstić information content (AvgIpc) is 2.45. The van der Waals surface area contributed by atoms with Gasteiger partial charge in [-0.1, -0.05) is 29.3 Å². The standard InChI is InChI=1S/C15H14Cl2N2OS/c1-9-11(16)3-2-4-14(9)19-15(20)8-21-10-5-6-13(18)12(17)7-10/h2-7H,8,18H2,1H3,(H,19,20). The molecule has 0 unspecified atom stereocenters. The molecule has 110 valence electrons. The summed E-state index contributed by atoms with van der Waals surface area (Å²) in [5, 5.41) is 3.97. The molecule has 0 bridgehead atoms. The Morgan fingerprint density at radius 2 is 2.00 bits per heavy atom. The highest BCUT2D eigenvalue weighted by Crippen LogP contribution is 2.27. The van der Waals surface area contributed by atoms with Gasteiger partial charge in [0.1, 0.15) is 0 Å². The monoisotopic (exact) mass is 340 g/mol. The Labute approximate surface area is 137 Å². The maximum absolute atomic E-state index is 12.0. The van der Waals surface area contributed by atoms with Crippen LogP contribution in [-0.2, 0) is 4.79 Å². The SMILES string of the molecule is Cc1c(Cl)cccc1NC(=O)CSc1ccc(N)c(Cl)c1. The van der Waals surface area contributed by atoms with E-state index in [9.17, 15) is 4.79 Å². The van der Waals surface area contributed by atoms with E-state index >= 15 is 0 Å². The summed E-state index contributed by atoms with van der Waals surface area (Å²) in [6.07, 6.45) is 0. The first-order valence-electron chi connectivity index (χ1n) is 6.20. The van der Waals surface area contributed by atoms with Gasteiger partial charge in [-0.25, -0.2) is 0 Å². The van der Waals surface area contributed by atoms with Gasteiger partial charge in [-0.05, 0) is 42.8 Å². The highest BCUT2D eigenvalue weighted by atomic mass is 35.5. The Balaban J connectivity index is 1.96. The van der Waals surface area contributed by atoms with Crippen molar-refractivity contribution in [3.8, 4) is 0 Å².